The van der Waals surface area contributed by atoms with E-state index in [1.807, 2.05) is 6.92 Å². The van der Waals surface area contributed by atoms with Crippen molar-refractivity contribution >= 4 is 11.6 Å². The Bertz CT molecular complexity index is 253. The van der Waals surface area contributed by atoms with Gasteiger partial charge in [0.05, 0.1) is 7.11 Å². The largest absolute Gasteiger partial charge is 0.481 e. The Morgan fingerprint density at radius 1 is 1.67 bits per heavy atom. The molecule has 3 nitrogen and oxygen atoms in total. The summed E-state index contributed by atoms with van der Waals surface area (Å²) in [5.41, 5.74) is 0. The molecule has 0 saturated heterocycles. The fourth-order valence-electron chi connectivity index (χ4n) is 0.844. The molecule has 0 amide bonds. The first-order chi connectivity index (χ1) is 5.72. The highest BCUT2D eigenvalue weighted by molar-refractivity contribution is 6.20. The maximum absolute atomic E-state index is 5.79. The zero-order valence-electron chi connectivity index (χ0n) is 7.12. The summed E-state index contributed by atoms with van der Waals surface area (Å²) in [7, 11) is 1.58. The first-order valence-electron chi connectivity index (χ1n) is 3.72. The Labute approximate surface area is 76.7 Å². The van der Waals surface area contributed by atoms with Crippen molar-refractivity contribution in [2.75, 3.05) is 7.11 Å². The third-order valence-corrected chi connectivity index (χ3v) is 1.51. The van der Waals surface area contributed by atoms with Crippen molar-refractivity contribution in [2.45, 2.75) is 18.7 Å². The topological polar surface area (TPSA) is 35.0 Å². The fraction of sp³-hybridized carbons (Fsp3) is 0.500. The van der Waals surface area contributed by atoms with Gasteiger partial charge in [-0.2, -0.15) is 4.98 Å². The monoisotopic (exact) mass is 186 g/mol. The first-order valence-corrected chi connectivity index (χ1v) is 4.16. The van der Waals surface area contributed by atoms with E-state index in [2.05, 4.69) is 9.97 Å². The molecule has 1 heterocycles. The van der Waals surface area contributed by atoms with Crippen molar-refractivity contribution in [3.63, 3.8) is 0 Å². The maximum Gasteiger partial charge on any atom is 0.216 e. The molecule has 0 spiro atoms. The fourth-order valence-corrected chi connectivity index (χ4v) is 0.982. The number of hydrogen-bond acceptors (Lipinski definition) is 3. The van der Waals surface area contributed by atoms with E-state index in [1.54, 1.807) is 19.4 Å². The predicted octanol–water partition coefficient (Wildman–Crippen LogP) is 1.65. The van der Waals surface area contributed by atoms with E-state index in [4.69, 9.17) is 16.3 Å². The standard InChI is InChI=1S/C8H11ClN2O/c1-6(9)5-7-10-4-3-8(11-7)12-2/h3-4,6H,5H2,1-2H3. The molecule has 0 radical (unpaired) electrons. The smallest absolute Gasteiger partial charge is 0.216 e. The van der Waals surface area contributed by atoms with Gasteiger partial charge in [-0.3, -0.25) is 0 Å². The molecule has 0 aliphatic carbocycles. The molecule has 1 atom stereocenters. The molecule has 12 heavy (non-hydrogen) atoms. The van der Waals surface area contributed by atoms with E-state index in [1.165, 1.54) is 0 Å². The van der Waals surface area contributed by atoms with Crippen LogP contribution in [-0.2, 0) is 6.42 Å². The zero-order chi connectivity index (χ0) is 8.97. The van der Waals surface area contributed by atoms with Crippen LogP contribution in [-0.4, -0.2) is 22.5 Å². The van der Waals surface area contributed by atoms with Gasteiger partial charge in [0, 0.05) is 24.1 Å². The minimum Gasteiger partial charge on any atom is -0.481 e. The van der Waals surface area contributed by atoms with Crippen molar-refractivity contribution in [3.8, 4) is 5.88 Å². The molecular weight excluding hydrogens is 176 g/mol. The molecular formula is C8H11ClN2O. The molecule has 0 aliphatic rings. The van der Waals surface area contributed by atoms with Crippen molar-refractivity contribution in [1.82, 2.24) is 9.97 Å². The molecule has 0 N–H and O–H groups in total. The van der Waals surface area contributed by atoms with Crippen molar-refractivity contribution in [2.24, 2.45) is 0 Å². The lowest BCUT2D eigenvalue weighted by molar-refractivity contribution is 0.394. The van der Waals surface area contributed by atoms with Gasteiger partial charge in [-0.25, -0.2) is 4.98 Å². The summed E-state index contributed by atoms with van der Waals surface area (Å²) in [4.78, 5) is 8.17. The summed E-state index contributed by atoms with van der Waals surface area (Å²) in [6, 6.07) is 1.71. The van der Waals surface area contributed by atoms with Gasteiger partial charge in [0.15, 0.2) is 0 Å². The third-order valence-electron chi connectivity index (χ3n) is 1.35. The minimum atomic E-state index is 0.0529. The van der Waals surface area contributed by atoms with Crippen molar-refractivity contribution in [3.05, 3.63) is 18.1 Å². The number of hydrogen-bond donors (Lipinski definition) is 0. The highest BCUT2D eigenvalue weighted by Gasteiger charge is 2.02. The quantitative estimate of drug-likeness (QED) is 0.674. The second kappa shape index (κ2) is 4.26. The van der Waals surface area contributed by atoms with Crippen molar-refractivity contribution < 1.29 is 4.74 Å². The lowest BCUT2D eigenvalue weighted by Crippen LogP contribution is -2.03. The lowest BCUT2D eigenvalue weighted by Gasteiger charge is -2.02. The molecule has 66 valence electrons. The molecule has 0 aliphatic heterocycles. The second-order valence-electron chi connectivity index (χ2n) is 2.50. The molecule has 0 fully saturated rings. The van der Waals surface area contributed by atoms with Crippen LogP contribution in [0.2, 0.25) is 0 Å². The summed E-state index contributed by atoms with van der Waals surface area (Å²) >= 11 is 5.79. The van der Waals surface area contributed by atoms with Crippen LogP contribution in [0.15, 0.2) is 12.3 Å². The molecule has 0 saturated carbocycles. The minimum absolute atomic E-state index is 0.0529. The summed E-state index contributed by atoms with van der Waals surface area (Å²) in [6.07, 6.45) is 2.33. The number of alkyl halides is 1. The average Bonchev–Trinajstić information content (AvgIpc) is 2.03. The van der Waals surface area contributed by atoms with Gasteiger partial charge in [-0.15, -0.1) is 11.6 Å². The molecule has 1 aromatic rings. The maximum atomic E-state index is 5.79. The lowest BCUT2D eigenvalue weighted by atomic mass is 10.3. The Kier molecular flexibility index (Phi) is 3.29. The predicted molar refractivity (Wildman–Crippen MR) is 47.6 cm³/mol. The zero-order valence-corrected chi connectivity index (χ0v) is 7.88. The number of ether oxygens (including phenoxy) is 1. The van der Waals surface area contributed by atoms with E-state index >= 15 is 0 Å². The van der Waals surface area contributed by atoms with Crippen LogP contribution in [0.4, 0.5) is 0 Å². The van der Waals surface area contributed by atoms with Crippen molar-refractivity contribution in [1.29, 1.82) is 0 Å². The van der Waals surface area contributed by atoms with E-state index < -0.39 is 0 Å². The summed E-state index contributed by atoms with van der Waals surface area (Å²) in [5.74, 6) is 1.30. The summed E-state index contributed by atoms with van der Waals surface area (Å²) in [5, 5.41) is 0.0529. The normalized spacial score (nSPS) is 12.6. The number of methoxy groups -OCH3 is 1. The van der Waals surface area contributed by atoms with Gasteiger partial charge in [0.1, 0.15) is 5.82 Å². The Hall–Kier alpha value is -0.830. The van der Waals surface area contributed by atoms with E-state index in [9.17, 15) is 0 Å². The molecule has 1 rings (SSSR count). The molecule has 1 aromatic heterocycles. The van der Waals surface area contributed by atoms with E-state index in [0.717, 1.165) is 5.82 Å². The van der Waals surface area contributed by atoms with Gasteiger partial charge in [0.25, 0.3) is 0 Å². The number of nitrogens with zero attached hydrogens (tertiary/aromatic N) is 2. The first kappa shape index (κ1) is 9.26. The third kappa shape index (κ3) is 2.66. The Balaban J connectivity index is 2.72. The summed E-state index contributed by atoms with van der Waals surface area (Å²) < 4.78 is 4.94. The number of rotatable bonds is 3. The molecule has 0 aromatic carbocycles. The molecule has 4 heteroatoms. The second-order valence-corrected chi connectivity index (χ2v) is 3.25. The van der Waals surface area contributed by atoms with Crippen LogP contribution >= 0.6 is 11.6 Å². The van der Waals surface area contributed by atoms with Crippen LogP contribution < -0.4 is 4.74 Å². The van der Waals surface area contributed by atoms with Gasteiger partial charge in [-0.05, 0) is 6.92 Å². The number of halogens is 1. The van der Waals surface area contributed by atoms with Crippen LogP contribution in [0, 0.1) is 0 Å². The SMILES string of the molecule is COc1ccnc(CC(C)Cl)n1. The number of aromatic nitrogens is 2. The molecule has 1 unspecified atom stereocenters. The van der Waals surface area contributed by atoms with Gasteiger partial charge >= 0.3 is 0 Å². The average molecular weight is 187 g/mol. The van der Waals surface area contributed by atoms with Gasteiger partial charge in [-0.1, -0.05) is 0 Å². The highest BCUT2D eigenvalue weighted by atomic mass is 35.5. The Morgan fingerprint density at radius 2 is 2.42 bits per heavy atom. The van der Waals surface area contributed by atoms with Crippen LogP contribution in [0.25, 0.3) is 0 Å². The van der Waals surface area contributed by atoms with Gasteiger partial charge in [0.2, 0.25) is 5.88 Å². The van der Waals surface area contributed by atoms with E-state index in [-0.39, 0.29) is 5.38 Å². The van der Waals surface area contributed by atoms with Crippen LogP contribution in [0.5, 0.6) is 5.88 Å². The van der Waals surface area contributed by atoms with E-state index in [0.29, 0.717) is 12.3 Å². The van der Waals surface area contributed by atoms with Crippen LogP contribution in [0.1, 0.15) is 12.7 Å². The highest BCUT2D eigenvalue weighted by Crippen LogP contribution is 2.07. The van der Waals surface area contributed by atoms with Gasteiger partial charge < -0.3 is 4.74 Å². The molecule has 0 bridgehead atoms. The summed E-state index contributed by atoms with van der Waals surface area (Å²) in [6.45, 7) is 1.91. The van der Waals surface area contributed by atoms with Crippen LogP contribution in [0.3, 0.4) is 0 Å². The Morgan fingerprint density at radius 3 is 3.00 bits per heavy atom.